The molecular weight excluding hydrogens is 190 g/mol. The van der Waals surface area contributed by atoms with Gasteiger partial charge in [-0.2, -0.15) is 0 Å². The summed E-state index contributed by atoms with van der Waals surface area (Å²) in [6, 6.07) is 6.04. The van der Waals surface area contributed by atoms with Crippen LogP contribution < -0.4 is 10.5 Å². The molecule has 4 heteroatoms. The number of benzene rings is 1. The smallest absolute Gasteiger partial charge is 0.201 e. The lowest BCUT2D eigenvalue weighted by atomic mass is 10.2. The Kier molecular flexibility index (Phi) is 2.26. The van der Waals surface area contributed by atoms with Crippen molar-refractivity contribution in [2.45, 2.75) is 19.9 Å². The van der Waals surface area contributed by atoms with Crippen LogP contribution in [0.15, 0.2) is 18.2 Å². The van der Waals surface area contributed by atoms with Crippen LogP contribution in [-0.4, -0.2) is 16.7 Å². The van der Waals surface area contributed by atoms with Crippen molar-refractivity contribution < 1.29 is 4.74 Å². The zero-order valence-corrected chi connectivity index (χ0v) is 9.19. The molecule has 80 valence electrons. The highest BCUT2D eigenvalue weighted by Crippen LogP contribution is 2.29. The summed E-state index contributed by atoms with van der Waals surface area (Å²) in [7, 11) is 1.66. The number of nitrogens with zero attached hydrogens (tertiary/aromatic N) is 2. The van der Waals surface area contributed by atoms with Gasteiger partial charge in [-0.25, -0.2) is 4.98 Å². The monoisotopic (exact) mass is 205 g/mol. The Labute approximate surface area is 88.7 Å². The summed E-state index contributed by atoms with van der Waals surface area (Å²) < 4.78 is 7.30. The molecule has 0 aliphatic heterocycles. The molecule has 0 saturated carbocycles. The summed E-state index contributed by atoms with van der Waals surface area (Å²) in [5.74, 6) is 1.34. The van der Waals surface area contributed by atoms with Crippen LogP contribution in [0.1, 0.15) is 19.9 Å². The van der Waals surface area contributed by atoms with Crippen LogP contribution in [0.3, 0.4) is 0 Å². The molecule has 0 saturated heterocycles. The third-order valence-electron chi connectivity index (χ3n) is 2.44. The third kappa shape index (κ3) is 1.42. The molecule has 4 nitrogen and oxygen atoms in total. The number of aromatic nitrogens is 2. The van der Waals surface area contributed by atoms with Crippen LogP contribution in [0.25, 0.3) is 11.0 Å². The van der Waals surface area contributed by atoms with Crippen LogP contribution in [0, 0.1) is 0 Å². The zero-order valence-electron chi connectivity index (χ0n) is 9.19. The van der Waals surface area contributed by atoms with Crippen LogP contribution in [0.2, 0.25) is 0 Å². The molecule has 0 amide bonds. The predicted octanol–water partition coefficient (Wildman–Crippen LogP) is 2.21. The molecule has 0 aliphatic rings. The lowest BCUT2D eigenvalue weighted by Gasteiger charge is -2.12. The second-order valence-corrected chi connectivity index (χ2v) is 3.76. The van der Waals surface area contributed by atoms with E-state index in [0.29, 0.717) is 5.95 Å². The van der Waals surface area contributed by atoms with Gasteiger partial charge < -0.3 is 15.0 Å². The van der Waals surface area contributed by atoms with Gasteiger partial charge in [-0.05, 0) is 26.0 Å². The van der Waals surface area contributed by atoms with Gasteiger partial charge in [-0.1, -0.05) is 6.07 Å². The minimum Gasteiger partial charge on any atom is -0.494 e. The first kappa shape index (κ1) is 9.83. The van der Waals surface area contributed by atoms with Gasteiger partial charge in [0.15, 0.2) is 0 Å². The normalized spacial score (nSPS) is 11.2. The predicted molar refractivity (Wildman–Crippen MR) is 61.1 cm³/mol. The molecule has 0 radical (unpaired) electrons. The molecular formula is C11H15N3O. The van der Waals surface area contributed by atoms with Gasteiger partial charge in [-0.3, -0.25) is 0 Å². The number of rotatable bonds is 2. The second-order valence-electron chi connectivity index (χ2n) is 3.76. The van der Waals surface area contributed by atoms with Gasteiger partial charge in [-0.15, -0.1) is 0 Å². The molecule has 0 fully saturated rings. The maximum Gasteiger partial charge on any atom is 0.201 e. The third-order valence-corrected chi connectivity index (χ3v) is 2.44. The van der Waals surface area contributed by atoms with E-state index < -0.39 is 0 Å². The van der Waals surface area contributed by atoms with Gasteiger partial charge in [0.25, 0.3) is 0 Å². The van der Waals surface area contributed by atoms with Crippen molar-refractivity contribution in [3.05, 3.63) is 18.2 Å². The number of nitrogens with two attached hydrogens (primary N) is 1. The first-order chi connectivity index (χ1) is 7.15. The summed E-state index contributed by atoms with van der Waals surface area (Å²) in [5.41, 5.74) is 7.71. The number of hydrogen-bond donors (Lipinski definition) is 1. The lowest BCUT2D eigenvalue weighted by molar-refractivity contribution is 0.416. The number of imidazole rings is 1. The Balaban J connectivity index is 2.82. The Morgan fingerprint density at radius 1 is 1.40 bits per heavy atom. The van der Waals surface area contributed by atoms with E-state index in [2.05, 4.69) is 18.8 Å². The Hall–Kier alpha value is -1.71. The Bertz CT molecular complexity index is 488. The maximum absolute atomic E-state index is 5.87. The quantitative estimate of drug-likeness (QED) is 0.817. The summed E-state index contributed by atoms with van der Waals surface area (Å²) in [5, 5.41) is 0. The molecule has 0 aliphatic carbocycles. The standard InChI is InChI=1S/C11H15N3O/c1-7(2)14-10-8(13-11(14)12)5-4-6-9(10)15-3/h4-7H,1-3H3,(H2,12,13). The molecule has 0 spiro atoms. The van der Waals surface area contributed by atoms with E-state index in [0.717, 1.165) is 16.8 Å². The largest absolute Gasteiger partial charge is 0.494 e. The SMILES string of the molecule is COc1cccc2nc(N)n(C(C)C)c12. The number of fused-ring (bicyclic) bond motifs is 1. The van der Waals surface area contributed by atoms with Gasteiger partial charge in [0.2, 0.25) is 5.95 Å². The van der Waals surface area contributed by atoms with Crippen LogP contribution >= 0.6 is 0 Å². The van der Waals surface area contributed by atoms with Crippen LogP contribution in [0.5, 0.6) is 5.75 Å². The molecule has 0 unspecified atom stereocenters. The van der Waals surface area contributed by atoms with E-state index in [1.165, 1.54) is 0 Å². The molecule has 1 aromatic heterocycles. The highest BCUT2D eigenvalue weighted by molar-refractivity contribution is 5.84. The number of para-hydroxylation sites is 1. The first-order valence-electron chi connectivity index (χ1n) is 4.95. The fourth-order valence-electron chi connectivity index (χ4n) is 1.82. The number of hydrogen-bond acceptors (Lipinski definition) is 3. The maximum atomic E-state index is 5.87. The van der Waals surface area contributed by atoms with Gasteiger partial charge >= 0.3 is 0 Å². The average Bonchev–Trinajstić information content (AvgIpc) is 2.53. The molecule has 0 atom stereocenters. The van der Waals surface area contributed by atoms with Crippen molar-refractivity contribution in [2.75, 3.05) is 12.8 Å². The fraction of sp³-hybridized carbons (Fsp3) is 0.364. The highest BCUT2D eigenvalue weighted by atomic mass is 16.5. The summed E-state index contributed by atoms with van der Waals surface area (Å²) >= 11 is 0. The van der Waals surface area contributed by atoms with Gasteiger partial charge in [0.05, 0.1) is 12.6 Å². The average molecular weight is 205 g/mol. The molecule has 15 heavy (non-hydrogen) atoms. The van der Waals surface area contributed by atoms with Gasteiger partial charge in [0.1, 0.15) is 11.3 Å². The summed E-state index contributed by atoms with van der Waals surface area (Å²) in [6.45, 7) is 4.15. The van der Waals surface area contributed by atoms with E-state index in [9.17, 15) is 0 Å². The topological polar surface area (TPSA) is 53.1 Å². The minimum absolute atomic E-state index is 0.270. The van der Waals surface area contributed by atoms with Gasteiger partial charge in [0, 0.05) is 6.04 Å². The molecule has 0 bridgehead atoms. The fourth-order valence-corrected chi connectivity index (χ4v) is 1.82. The van der Waals surface area contributed by atoms with Crippen LogP contribution in [-0.2, 0) is 0 Å². The number of nitrogen functional groups attached to an aromatic ring is 1. The van der Waals surface area contributed by atoms with Crippen LogP contribution in [0.4, 0.5) is 5.95 Å². The van der Waals surface area contributed by atoms with E-state index >= 15 is 0 Å². The summed E-state index contributed by atoms with van der Waals surface area (Å²) in [4.78, 5) is 4.30. The van der Waals surface area contributed by atoms with Crippen molar-refractivity contribution in [2.24, 2.45) is 0 Å². The number of ether oxygens (including phenoxy) is 1. The zero-order chi connectivity index (χ0) is 11.0. The molecule has 2 N–H and O–H groups in total. The van der Waals surface area contributed by atoms with E-state index in [1.54, 1.807) is 7.11 Å². The first-order valence-corrected chi connectivity index (χ1v) is 4.95. The second kappa shape index (κ2) is 3.46. The number of anilines is 1. The molecule has 1 aromatic carbocycles. The highest BCUT2D eigenvalue weighted by Gasteiger charge is 2.14. The molecule has 1 heterocycles. The Morgan fingerprint density at radius 2 is 2.13 bits per heavy atom. The van der Waals surface area contributed by atoms with E-state index in [4.69, 9.17) is 10.5 Å². The molecule has 2 aromatic rings. The minimum atomic E-state index is 0.270. The Morgan fingerprint density at radius 3 is 2.73 bits per heavy atom. The number of methoxy groups -OCH3 is 1. The van der Waals surface area contributed by atoms with Crippen molar-refractivity contribution in [1.29, 1.82) is 0 Å². The lowest BCUT2D eigenvalue weighted by Crippen LogP contribution is -2.06. The van der Waals surface area contributed by atoms with E-state index in [1.807, 2.05) is 22.8 Å². The summed E-state index contributed by atoms with van der Waals surface area (Å²) in [6.07, 6.45) is 0. The van der Waals surface area contributed by atoms with E-state index in [-0.39, 0.29) is 6.04 Å². The molecule has 2 rings (SSSR count). The van der Waals surface area contributed by atoms with Crippen molar-refractivity contribution >= 4 is 17.0 Å². The van der Waals surface area contributed by atoms with Crippen molar-refractivity contribution in [3.8, 4) is 5.75 Å². The van der Waals surface area contributed by atoms with Crippen molar-refractivity contribution in [3.63, 3.8) is 0 Å². The van der Waals surface area contributed by atoms with Crippen molar-refractivity contribution in [1.82, 2.24) is 9.55 Å².